The highest BCUT2D eigenvalue weighted by atomic mass is 35.5. The largest absolute Gasteiger partial charge is 0.376 e. The third-order valence-electron chi connectivity index (χ3n) is 5.87. The number of aromatic nitrogens is 2. The summed E-state index contributed by atoms with van der Waals surface area (Å²) in [6, 6.07) is 4.79. The van der Waals surface area contributed by atoms with Gasteiger partial charge in [0.15, 0.2) is 0 Å². The van der Waals surface area contributed by atoms with Gasteiger partial charge < -0.3 is 4.74 Å². The second-order valence-corrected chi connectivity index (χ2v) is 7.86. The number of fused-ring (bicyclic) bond motifs is 2. The molecule has 1 aliphatic heterocycles. The zero-order valence-corrected chi connectivity index (χ0v) is 14.2. The number of alkyl halides is 1. The van der Waals surface area contributed by atoms with Gasteiger partial charge in [0.25, 0.3) is 0 Å². The summed E-state index contributed by atoms with van der Waals surface area (Å²) in [5.74, 6) is 0.777. The minimum Gasteiger partial charge on any atom is -0.376 e. The first-order valence-electron chi connectivity index (χ1n) is 8.52. The lowest BCUT2D eigenvalue weighted by molar-refractivity contribution is 0.00547. The van der Waals surface area contributed by atoms with Gasteiger partial charge in [0.1, 0.15) is 0 Å². The predicted octanol–water partition coefficient (Wildman–Crippen LogP) is 3.94. The van der Waals surface area contributed by atoms with Gasteiger partial charge in [-0.05, 0) is 56.6 Å². The van der Waals surface area contributed by atoms with Crippen LogP contribution in [0.4, 0.5) is 0 Å². The molecule has 1 saturated heterocycles. The fourth-order valence-electron chi connectivity index (χ4n) is 4.27. The molecule has 23 heavy (non-hydrogen) atoms. The van der Waals surface area contributed by atoms with Crippen LogP contribution in [0, 0.1) is 22.7 Å². The van der Waals surface area contributed by atoms with Gasteiger partial charge in [-0.1, -0.05) is 6.08 Å². The SMILES string of the molecule is CC1(C#N)CCC(c2ccnn2C2CC3CCOC2C3)=CC1Cl. The lowest BCUT2D eigenvalue weighted by Gasteiger charge is -2.31. The second kappa shape index (κ2) is 5.65. The molecule has 2 bridgehead atoms. The molecule has 2 fully saturated rings. The summed E-state index contributed by atoms with van der Waals surface area (Å²) in [7, 11) is 0. The molecule has 122 valence electrons. The molecule has 5 heteroatoms. The maximum absolute atomic E-state index is 9.37. The Kier molecular flexibility index (Phi) is 3.74. The van der Waals surface area contributed by atoms with Gasteiger partial charge in [0.05, 0.1) is 34.7 Å². The van der Waals surface area contributed by atoms with E-state index in [-0.39, 0.29) is 5.38 Å². The molecule has 0 amide bonds. The van der Waals surface area contributed by atoms with Crippen molar-refractivity contribution in [1.82, 2.24) is 9.78 Å². The molecule has 4 rings (SSSR count). The highest BCUT2D eigenvalue weighted by Gasteiger charge is 2.41. The normalized spacial score (nSPS) is 39.8. The third-order valence-corrected chi connectivity index (χ3v) is 6.47. The Morgan fingerprint density at radius 3 is 3.09 bits per heavy atom. The van der Waals surface area contributed by atoms with E-state index in [0.717, 1.165) is 43.9 Å². The maximum atomic E-state index is 9.37. The summed E-state index contributed by atoms with van der Waals surface area (Å²) in [4.78, 5) is 0. The van der Waals surface area contributed by atoms with E-state index in [2.05, 4.69) is 28.0 Å². The summed E-state index contributed by atoms with van der Waals surface area (Å²) in [6.45, 7) is 2.83. The fourth-order valence-corrected chi connectivity index (χ4v) is 4.58. The van der Waals surface area contributed by atoms with Crippen molar-refractivity contribution in [2.24, 2.45) is 11.3 Å². The molecule has 2 heterocycles. The van der Waals surface area contributed by atoms with E-state index < -0.39 is 5.41 Å². The molecule has 1 saturated carbocycles. The lowest BCUT2D eigenvalue weighted by Crippen LogP contribution is -2.29. The molecular weight excluding hydrogens is 310 g/mol. The highest BCUT2D eigenvalue weighted by Crippen LogP contribution is 2.45. The smallest absolute Gasteiger partial charge is 0.0802 e. The van der Waals surface area contributed by atoms with Crippen molar-refractivity contribution in [3.05, 3.63) is 24.0 Å². The van der Waals surface area contributed by atoms with E-state index in [1.54, 1.807) is 0 Å². The van der Waals surface area contributed by atoms with Crippen molar-refractivity contribution >= 4 is 17.2 Å². The molecular formula is C18H22ClN3O. The number of allylic oxidation sites excluding steroid dienone is 2. The van der Waals surface area contributed by atoms with Crippen molar-refractivity contribution in [1.29, 1.82) is 5.26 Å². The Morgan fingerprint density at radius 2 is 2.35 bits per heavy atom. The van der Waals surface area contributed by atoms with Gasteiger partial charge in [-0.2, -0.15) is 10.4 Å². The number of halogens is 1. The number of nitriles is 1. The van der Waals surface area contributed by atoms with Gasteiger partial charge in [0.2, 0.25) is 0 Å². The topological polar surface area (TPSA) is 50.8 Å². The number of ether oxygens (including phenoxy) is 1. The van der Waals surface area contributed by atoms with Crippen LogP contribution in [0.15, 0.2) is 18.3 Å². The van der Waals surface area contributed by atoms with Crippen molar-refractivity contribution in [2.75, 3.05) is 6.61 Å². The van der Waals surface area contributed by atoms with Crippen LogP contribution in [0.3, 0.4) is 0 Å². The molecule has 0 spiro atoms. The number of hydrogen-bond donors (Lipinski definition) is 0. The van der Waals surface area contributed by atoms with Gasteiger partial charge >= 0.3 is 0 Å². The van der Waals surface area contributed by atoms with Crippen LogP contribution in [0.25, 0.3) is 5.57 Å². The third kappa shape index (κ3) is 2.51. The van der Waals surface area contributed by atoms with Gasteiger partial charge in [0, 0.05) is 12.8 Å². The van der Waals surface area contributed by atoms with Crippen molar-refractivity contribution in [3.8, 4) is 6.07 Å². The Bertz CT molecular complexity index is 676. The Labute approximate surface area is 142 Å². The zero-order chi connectivity index (χ0) is 16.0. The average Bonchev–Trinajstić information content (AvgIpc) is 3.14. The van der Waals surface area contributed by atoms with E-state index in [0.29, 0.717) is 12.1 Å². The standard InChI is InChI=1S/C18H22ClN3O/c1-18(11-20)5-2-13(10-17(18)19)14-3-6-21-22(14)15-8-12-4-7-23-16(15)9-12/h3,6,10,12,15-17H,2,4-5,7-9H2,1H3. The zero-order valence-electron chi connectivity index (χ0n) is 13.4. The minimum atomic E-state index is -0.469. The van der Waals surface area contributed by atoms with Gasteiger partial charge in [-0.3, -0.25) is 4.68 Å². The molecule has 1 aromatic heterocycles. The van der Waals surface area contributed by atoms with Crippen LogP contribution in [-0.4, -0.2) is 27.9 Å². The molecule has 2 aliphatic carbocycles. The molecule has 5 atom stereocenters. The quantitative estimate of drug-likeness (QED) is 0.771. The lowest BCUT2D eigenvalue weighted by atomic mass is 9.77. The van der Waals surface area contributed by atoms with Crippen LogP contribution >= 0.6 is 11.6 Å². The van der Waals surface area contributed by atoms with Crippen molar-refractivity contribution in [2.45, 2.75) is 56.6 Å². The summed E-state index contributed by atoms with van der Waals surface area (Å²) >= 11 is 6.48. The number of hydrogen-bond acceptors (Lipinski definition) is 3. The summed E-state index contributed by atoms with van der Waals surface area (Å²) in [5.41, 5.74) is 1.90. The Hall–Kier alpha value is -1.31. The summed E-state index contributed by atoms with van der Waals surface area (Å²) in [5, 5.41) is 13.7. The number of nitrogens with zero attached hydrogens (tertiary/aromatic N) is 3. The molecule has 3 aliphatic rings. The monoisotopic (exact) mass is 331 g/mol. The molecule has 4 nitrogen and oxygen atoms in total. The van der Waals surface area contributed by atoms with E-state index in [4.69, 9.17) is 16.3 Å². The molecule has 0 N–H and O–H groups in total. The van der Waals surface area contributed by atoms with Crippen LogP contribution in [0.5, 0.6) is 0 Å². The maximum Gasteiger partial charge on any atom is 0.0802 e. The summed E-state index contributed by atoms with van der Waals surface area (Å²) in [6.07, 6.45) is 9.40. The van der Waals surface area contributed by atoms with E-state index in [1.165, 1.54) is 12.0 Å². The van der Waals surface area contributed by atoms with Crippen molar-refractivity contribution < 1.29 is 4.74 Å². The first-order chi connectivity index (χ1) is 11.1. The van der Waals surface area contributed by atoms with Crippen LogP contribution in [0.1, 0.15) is 50.8 Å². The van der Waals surface area contributed by atoms with E-state index in [1.807, 2.05) is 13.1 Å². The molecule has 1 aromatic rings. The average molecular weight is 332 g/mol. The molecule has 0 radical (unpaired) electrons. The van der Waals surface area contributed by atoms with Crippen LogP contribution in [0.2, 0.25) is 0 Å². The van der Waals surface area contributed by atoms with Crippen molar-refractivity contribution in [3.63, 3.8) is 0 Å². The first kappa shape index (κ1) is 15.2. The molecule has 5 unspecified atom stereocenters. The van der Waals surface area contributed by atoms with Crippen LogP contribution < -0.4 is 0 Å². The fraction of sp³-hybridized carbons (Fsp3) is 0.667. The van der Waals surface area contributed by atoms with Gasteiger partial charge in [-0.25, -0.2) is 0 Å². The summed E-state index contributed by atoms with van der Waals surface area (Å²) < 4.78 is 8.12. The second-order valence-electron chi connectivity index (χ2n) is 7.39. The van der Waals surface area contributed by atoms with Crippen LogP contribution in [-0.2, 0) is 4.74 Å². The Morgan fingerprint density at radius 1 is 1.48 bits per heavy atom. The van der Waals surface area contributed by atoms with E-state index in [9.17, 15) is 5.26 Å². The highest BCUT2D eigenvalue weighted by molar-refractivity contribution is 6.23. The van der Waals surface area contributed by atoms with E-state index >= 15 is 0 Å². The minimum absolute atomic E-state index is 0.251. The van der Waals surface area contributed by atoms with Gasteiger partial charge in [-0.15, -0.1) is 11.6 Å². The first-order valence-corrected chi connectivity index (χ1v) is 8.96. The molecule has 0 aromatic carbocycles. The predicted molar refractivity (Wildman–Crippen MR) is 88.9 cm³/mol. The Balaban J connectivity index is 1.64. The number of rotatable bonds is 2.